The molecular weight excluding hydrogens is 216 g/mol. The number of nitrogens with one attached hydrogen (secondary N) is 2. The molecule has 3 N–H and O–H groups in total. The van der Waals surface area contributed by atoms with E-state index in [2.05, 4.69) is 17.6 Å². The molecule has 4 heteroatoms. The van der Waals surface area contributed by atoms with Crippen LogP contribution in [0.4, 0.5) is 0 Å². The van der Waals surface area contributed by atoms with Crippen molar-refractivity contribution in [1.29, 1.82) is 0 Å². The Morgan fingerprint density at radius 1 is 1.53 bits per heavy atom. The highest BCUT2D eigenvalue weighted by Gasteiger charge is 2.35. The number of hydrogen-bond acceptors (Lipinski definition) is 3. The maximum absolute atomic E-state index is 11.8. The Labute approximate surface area is 104 Å². The number of carbonyl (C=O) groups is 1. The topological polar surface area (TPSA) is 61.4 Å². The Bertz CT molecular complexity index is 246. The summed E-state index contributed by atoms with van der Waals surface area (Å²) in [5.74, 6) is 0.664. The molecule has 1 aliphatic carbocycles. The summed E-state index contributed by atoms with van der Waals surface area (Å²) in [4.78, 5) is 11.8. The molecule has 2 unspecified atom stereocenters. The van der Waals surface area contributed by atoms with E-state index in [1.54, 1.807) is 0 Å². The van der Waals surface area contributed by atoms with Crippen LogP contribution in [-0.4, -0.2) is 36.8 Å². The minimum Gasteiger partial charge on any atom is -0.394 e. The second kappa shape index (κ2) is 6.97. The molecule has 17 heavy (non-hydrogen) atoms. The first kappa shape index (κ1) is 14.5. The summed E-state index contributed by atoms with van der Waals surface area (Å²) in [6, 6.07) is 0. The fourth-order valence-corrected chi connectivity index (χ4v) is 2.74. The van der Waals surface area contributed by atoms with Crippen LogP contribution in [0, 0.1) is 5.92 Å². The van der Waals surface area contributed by atoms with Crippen molar-refractivity contribution in [1.82, 2.24) is 10.6 Å². The van der Waals surface area contributed by atoms with Gasteiger partial charge in [-0.3, -0.25) is 4.79 Å². The van der Waals surface area contributed by atoms with E-state index in [-0.39, 0.29) is 18.1 Å². The molecule has 4 nitrogen and oxygen atoms in total. The third-order valence-electron chi connectivity index (χ3n) is 3.63. The molecule has 0 saturated heterocycles. The normalized spacial score (nSPS) is 29.0. The highest BCUT2D eigenvalue weighted by atomic mass is 16.3. The van der Waals surface area contributed by atoms with Crippen molar-refractivity contribution in [3.63, 3.8) is 0 Å². The fraction of sp³-hybridized carbons (Fsp3) is 0.923. The van der Waals surface area contributed by atoms with Gasteiger partial charge in [-0.05, 0) is 38.8 Å². The van der Waals surface area contributed by atoms with E-state index in [9.17, 15) is 9.90 Å². The van der Waals surface area contributed by atoms with Gasteiger partial charge < -0.3 is 15.7 Å². The van der Waals surface area contributed by atoms with E-state index >= 15 is 0 Å². The summed E-state index contributed by atoms with van der Waals surface area (Å²) in [6.07, 6.45) is 5.50. The summed E-state index contributed by atoms with van der Waals surface area (Å²) in [5, 5.41) is 15.6. The fourth-order valence-electron chi connectivity index (χ4n) is 2.74. The molecule has 1 amide bonds. The zero-order chi connectivity index (χ0) is 12.7. The molecule has 0 aromatic rings. The van der Waals surface area contributed by atoms with E-state index in [0.717, 1.165) is 32.2 Å². The third kappa shape index (κ3) is 4.64. The monoisotopic (exact) mass is 242 g/mol. The molecule has 0 radical (unpaired) electrons. The summed E-state index contributed by atoms with van der Waals surface area (Å²) in [7, 11) is 1.88. The van der Waals surface area contributed by atoms with Crippen molar-refractivity contribution in [2.24, 2.45) is 5.92 Å². The molecule has 0 heterocycles. The number of aliphatic hydroxyl groups is 1. The van der Waals surface area contributed by atoms with Gasteiger partial charge >= 0.3 is 0 Å². The summed E-state index contributed by atoms with van der Waals surface area (Å²) in [6.45, 7) is 3.11. The number of amides is 1. The lowest BCUT2D eigenvalue weighted by Gasteiger charge is -2.39. The predicted octanol–water partition coefficient (Wildman–Crippen LogP) is 1.04. The Hall–Kier alpha value is -0.610. The molecular formula is C13H26N2O2. The number of rotatable bonds is 6. The quantitative estimate of drug-likeness (QED) is 0.610. The Morgan fingerprint density at radius 2 is 2.29 bits per heavy atom. The van der Waals surface area contributed by atoms with E-state index in [1.807, 2.05) is 7.05 Å². The van der Waals surface area contributed by atoms with Crippen molar-refractivity contribution in [2.75, 3.05) is 20.2 Å². The van der Waals surface area contributed by atoms with Gasteiger partial charge in [0.25, 0.3) is 0 Å². The Kier molecular flexibility index (Phi) is 5.92. The summed E-state index contributed by atoms with van der Waals surface area (Å²) in [5.41, 5.74) is -0.353. The zero-order valence-corrected chi connectivity index (χ0v) is 11.1. The molecule has 0 aromatic carbocycles. The second-order valence-corrected chi connectivity index (χ2v) is 5.40. The van der Waals surface area contributed by atoms with Gasteiger partial charge in [-0.1, -0.05) is 19.8 Å². The lowest BCUT2D eigenvalue weighted by molar-refractivity contribution is -0.124. The van der Waals surface area contributed by atoms with Crippen LogP contribution in [0.5, 0.6) is 0 Å². The standard InChI is InChI=1S/C13H26N2O2/c1-11-5-3-7-13(9-11,10-16)15-12(17)6-4-8-14-2/h11,14,16H,3-10H2,1-2H3,(H,15,17). The van der Waals surface area contributed by atoms with Gasteiger partial charge in [0.15, 0.2) is 0 Å². The van der Waals surface area contributed by atoms with E-state index in [4.69, 9.17) is 0 Å². The smallest absolute Gasteiger partial charge is 0.220 e. The van der Waals surface area contributed by atoms with Crippen LogP contribution in [-0.2, 0) is 4.79 Å². The van der Waals surface area contributed by atoms with Gasteiger partial charge in [0.2, 0.25) is 5.91 Å². The van der Waals surface area contributed by atoms with Crippen LogP contribution in [0.25, 0.3) is 0 Å². The average Bonchev–Trinajstić information content (AvgIpc) is 2.29. The Balaban J connectivity index is 2.42. The molecule has 1 aliphatic rings. The molecule has 1 rings (SSSR count). The zero-order valence-electron chi connectivity index (χ0n) is 11.1. The summed E-state index contributed by atoms with van der Waals surface area (Å²) < 4.78 is 0. The number of carbonyl (C=O) groups excluding carboxylic acids is 1. The van der Waals surface area contributed by atoms with Gasteiger partial charge in [0.1, 0.15) is 0 Å². The van der Waals surface area contributed by atoms with Gasteiger partial charge in [-0.25, -0.2) is 0 Å². The van der Waals surface area contributed by atoms with Crippen molar-refractivity contribution < 1.29 is 9.90 Å². The van der Waals surface area contributed by atoms with Crippen LogP contribution in [0.1, 0.15) is 45.4 Å². The third-order valence-corrected chi connectivity index (χ3v) is 3.63. The maximum atomic E-state index is 11.8. The van der Waals surface area contributed by atoms with Gasteiger partial charge in [0, 0.05) is 6.42 Å². The molecule has 2 atom stereocenters. The van der Waals surface area contributed by atoms with Gasteiger partial charge in [-0.15, -0.1) is 0 Å². The van der Waals surface area contributed by atoms with Crippen molar-refractivity contribution in [3.8, 4) is 0 Å². The largest absolute Gasteiger partial charge is 0.394 e. The highest BCUT2D eigenvalue weighted by Crippen LogP contribution is 2.31. The van der Waals surface area contributed by atoms with Crippen molar-refractivity contribution in [2.45, 2.75) is 51.0 Å². The van der Waals surface area contributed by atoms with Crippen molar-refractivity contribution >= 4 is 5.91 Å². The molecule has 100 valence electrons. The first-order valence-corrected chi connectivity index (χ1v) is 6.68. The Morgan fingerprint density at radius 3 is 2.88 bits per heavy atom. The number of aliphatic hydroxyl groups excluding tert-OH is 1. The minimum absolute atomic E-state index is 0.0646. The molecule has 0 spiro atoms. The van der Waals surface area contributed by atoms with Crippen LogP contribution >= 0.6 is 0 Å². The van der Waals surface area contributed by atoms with Crippen LogP contribution < -0.4 is 10.6 Å². The van der Waals surface area contributed by atoms with Crippen LogP contribution in [0.2, 0.25) is 0 Å². The first-order valence-electron chi connectivity index (χ1n) is 6.68. The van der Waals surface area contributed by atoms with Crippen molar-refractivity contribution in [3.05, 3.63) is 0 Å². The van der Waals surface area contributed by atoms with E-state index in [0.29, 0.717) is 12.3 Å². The lowest BCUT2D eigenvalue weighted by atomic mass is 9.76. The van der Waals surface area contributed by atoms with Gasteiger partial charge in [0.05, 0.1) is 12.1 Å². The van der Waals surface area contributed by atoms with Crippen LogP contribution in [0.3, 0.4) is 0 Å². The molecule has 0 aliphatic heterocycles. The SMILES string of the molecule is CNCCCC(=O)NC1(CO)CCCC(C)C1. The molecule has 0 bridgehead atoms. The maximum Gasteiger partial charge on any atom is 0.220 e. The number of hydrogen-bond donors (Lipinski definition) is 3. The van der Waals surface area contributed by atoms with Crippen LogP contribution in [0.15, 0.2) is 0 Å². The van der Waals surface area contributed by atoms with E-state index in [1.165, 1.54) is 6.42 Å². The molecule has 1 saturated carbocycles. The highest BCUT2D eigenvalue weighted by molar-refractivity contribution is 5.76. The average molecular weight is 242 g/mol. The summed E-state index contributed by atoms with van der Waals surface area (Å²) >= 11 is 0. The second-order valence-electron chi connectivity index (χ2n) is 5.40. The predicted molar refractivity (Wildman–Crippen MR) is 68.8 cm³/mol. The minimum atomic E-state index is -0.353. The van der Waals surface area contributed by atoms with E-state index < -0.39 is 0 Å². The molecule has 0 aromatic heterocycles. The molecule has 1 fully saturated rings. The first-order chi connectivity index (χ1) is 8.12. The van der Waals surface area contributed by atoms with Gasteiger partial charge in [-0.2, -0.15) is 0 Å². The lowest BCUT2D eigenvalue weighted by Crippen LogP contribution is -2.53.